The van der Waals surface area contributed by atoms with Crippen LogP contribution in [-0.4, -0.2) is 4.57 Å². The molecule has 1 aromatic carbocycles. The molecular formula is C20H31N2+. The molecule has 2 heteroatoms. The number of hydrogen-bond donors (Lipinski definition) is 0. The molecule has 0 bridgehead atoms. The summed E-state index contributed by atoms with van der Waals surface area (Å²) in [5.74, 6) is 1.46. The molecule has 0 atom stereocenters. The van der Waals surface area contributed by atoms with Gasteiger partial charge in [-0.25, -0.2) is 9.13 Å². The summed E-state index contributed by atoms with van der Waals surface area (Å²) in [4.78, 5) is 0. The van der Waals surface area contributed by atoms with Crippen molar-refractivity contribution in [1.29, 1.82) is 0 Å². The lowest BCUT2D eigenvalue weighted by atomic mass is 10.1. The molecule has 0 aliphatic rings. The first-order chi connectivity index (χ1) is 10.8. The van der Waals surface area contributed by atoms with Gasteiger partial charge in [-0.15, -0.1) is 0 Å². The second kappa shape index (κ2) is 9.45. The minimum atomic E-state index is 1.03. The number of unbranched alkanes of at least 4 members (excludes halogenated alkanes) is 4. The third-order valence-corrected chi connectivity index (χ3v) is 4.30. The molecule has 0 fully saturated rings. The van der Waals surface area contributed by atoms with Crippen molar-refractivity contribution in [2.75, 3.05) is 0 Å². The summed E-state index contributed by atoms with van der Waals surface area (Å²) in [6.45, 7) is 6.84. The minimum Gasteiger partial charge on any atom is -0.234 e. The molecule has 0 aliphatic heterocycles. The fraction of sp³-hybridized carbons (Fsp3) is 0.550. The van der Waals surface area contributed by atoms with Gasteiger partial charge in [-0.3, -0.25) is 0 Å². The molecule has 2 nitrogen and oxygen atoms in total. The molecule has 0 N–H and O–H groups in total. The molecule has 0 radical (unpaired) electrons. The lowest BCUT2D eigenvalue weighted by Gasteiger charge is -2.06. The fourth-order valence-electron chi connectivity index (χ4n) is 2.95. The van der Waals surface area contributed by atoms with Gasteiger partial charge in [-0.1, -0.05) is 57.0 Å². The van der Waals surface area contributed by atoms with Gasteiger partial charge in [0.25, 0.3) is 5.82 Å². The van der Waals surface area contributed by atoms with Crippen molar-refractivity contribution in [1.82, 2.24) is 4.57 Å². The van der Waals surface area contributed by atoms with Gasteiger partial charge in [0.15, 0.2) is 0 Å². The summed E-state index contributed by atoms with van der Waals surface area (Å²) >= 11 is 0. The van der Waals surface area contributed by atoms with E-state index < -0.39 is 0 Å². The van der Waals surface area contributed by atoms with Crippen LogP contribution in [0.3, 0.4) is 0 Å². The predicted molar refractivity (Wildman–Crippen MR) is 92.9 cm³/mol. The Kier molecular flexibility index (Phi) is 7.21. The molecule has 1 heterocycles. The number of benzene rings is 1. The Labute approximate surface area is 135 Å². The van der Waals surface area contributed by atoms with Gasteiger partial charge in [0.05, 0.1) is 19.5 Å². The van der Waals surface area contributed by atoms with E-state index in [4.69, 9.17) is 0 Å². The first-order valence-electron chi connectivity index (χ1n) is 8.96. The number of nitrogens with zero attached hydrogens (tertiary/aromatic N) is 2. The zero-order valence-corrected chi connectivity index (χ0v) is 14.3. The Morgan fingerprint density at radius 1 is 0.909 bits per heavy atom. The molecule has 1 aromatic heterocycles. The lowest BCUT2D eigenvalue weighted by molar-refractivity contribution is -0.703. The average molecular weight is 299 g/mol. The molecular weight excluding hydrogens is 268 g/mol. The molecule has 0 saturated carbocycles. The summed E-state index contributed by atoms with van der Waals surface area (Å²) in [5, 5.41) is 0. The molecule has 0 aliphatic carbocycles. The van der Waals surface area contributed by atoms with E-state index in [1.807, 2.05) is 0 Å². The Morgan fingerprint density at radius 2 is 1.64 bits per heavy atom. The third kappa shape index (κ3) is 5.01. The molecule has 2 aromatic rings. The van der Waals surface area contributed by atoms with Crippen molar-refractivity contribution in [3.8, 4) is 0 Å². The standard InChI is InChI=1S/C20H31N2/c1-3-5-10-14-21-16-17-22(15-11-6-4-2)20(21)18-19-12-8-7-9-13-19/h7-9,12-13,16-17H,3-6,10-11,14-15,18H2,1-2H3/q+1. The second-order valence-corrected chi connectivity index (χ2v) is 6.18. The first kappa shape index (κ1) is 16.8. The molecule has 22 heavy (non-hydrogen) atoms. The van der Waals surface area contributed by atoms with Crippen LogP contribution in [0.5, 0.6) is 0 Å². The molecule has 120 valence electrons. The predicted octanol–water partition coefficient (Wildman–Crippen LogP) is 4.75. The van der Waals surface area contributed by atoms with Crippen molar-refractivity contribution in [2.45, 2.75) is 71.9 Å². The number of hydrogen-bond acceptors (Lipinski definition) is 0. The zero-order valence-electron chi connectivity index (χ0n) is 14.3. The summed E-state index contributed by atoms with van der Waals surface area (Å²) in [6, 6.07) is 10.8. The monoisotopic (exact) mass is 299 g/mol. The molecule has 2 rings (SSSR count). The normalized spacial score (nSPS) is 11.0. The van der Waals surface area contributed by atoms with Crippen LogP contribution in [0.25, 0.3) is 0 Å². The third-order valence-electron chi connectivity index (χ3n) is 4.30. The van der Waals surface area contributed by atoms with Gasteiger partial charge >= 0.3 is 0 Å². The highest BCUT2D eigenvalue weighted by Crippen LogP contribution is 2.09. The number of aryl methyl sites for hydroxylation is 2. The van der Waals surface area contributed by atoms with Crippen LogP contribution in [-0.2, 0) is 19.5 Å². The van der Waals surface area contributed by atoms with E-state index in [2.05, 4.69) is 65.7 Å². The molecule has 0 saturated heterocycles. The Balaban J connectivity index is 2.11. The van der Waals surface area contributed by atoms with Crippen LogP contribution in [0.2, 0.25) is 0 Å². The summed E-state index contributed by atoms with van der Waals surface area (Å²) in [5.41, 5.74) is 1.40. The SMILES string of the molecule is CCCCCn1cc[n+](CCCCC)c1Cc1ccccc1. The van der Waals surface area contributed by atoms with E-state index in [0.29, 0.717) is 0 Å². The van der Waals surface area contributed by atoms with E-state index in [0.717, 1.165) is 19.5 Å². The zero-order chi connectivity index (χ0) is 15.6. The van der Waals surface area contributed by atoms with E-state index in [9.17, 15) is 0 Å². The highest BCUT2D eigenvalue weighted by atomic mass is 15.1. The van der Waals surface area contributed by atoms with Gasteiger partial charge in [0.2, 0.25) is 0 Å². The quantitative estimate of drug-likeness (QED) is 0.442. The number of rotatable bonds is 10. The van der Waals surface area contributed by atoms with Crippen LogP contribution < -0.4 is 4.57 Å². The Hall–Kier alpha value is -1.57. The largest absolute Gasteiger partial charge is 0.260 e. The maximum absolute atomic E-state index is 2.47. The van der Waals surface area contributed by atoms with Gasteiger partial charge in [0.1, 0.15) is 12.4 Å². The smallest absolute Gasteiger partial charge is 0.234 e. The van der Waals surface area contributed by atoms with Crippen LogP contribution in [0.15, 0.2) is 42.7 Å². The van der Waals surface area contributed by atoms with Gasteiger partial charge < -0.3 is 0 Å². The number of imidazole rings is 1. The van der Waals surface area contributed by atoms with E-state index in [1.165, 1.54) is 49.9 Å². The molecule has 0 spiro atoms. The average Bonchev–Trinajstić information content (AvgIpc) is 2.91. The topological polar surface area (TPSA) is 8.81 Å². The van der Waals surface area contributed by atoms with Crippen molar-refractivity contribution >= 4 is 0 Å². The molecule has 0 amide bonds. The van der Waals surface area contributed by atoms with Crippen molar-refractivity contribution in [3.05, 3.63) is 54.1 Å². The van der Waals surface area contributed by atoms with Crippen molar-refractivity contribution in [3.63, 3.8) is 0 Å². The van der Waals surface area contributed by atoms with Crippen molar-refractivity contribution in [2.24, 2.45) is 0 Å². The van der Waals surface area contributed by atoms with Crippen LogP contribution >= 0.6 is 0 Å². The second-order valence-electron chi connectivity index (χ2n) is 6.18. The van der Waals surface area contributed by atoms with Gasteiger partial charge in [0, 0.05) is 0 Å². The Bertz CT molecular complexity index is 500. The summed E-state index contributed by atoms with van der Waals surface area (Å²) in [6.07, 6.45) is 13.4. The maximum Gasteiger partial charge on any atom is 0.260 e. The maximum atomic E-state index is 2.47. The highest BCUT2D eigenvalue weighted by Gasteiger charge is 2.17. The van der Waals surface area contributed by atoms with Crippen molar-refractivity contribution < 1.29 is 4.57 Å². The number of aromatic nitrogens is 2. The van der Waals surface area contributed by atoms with Crippen LogP contribution in [0.4, 0.5) is 0 Å². The Morgan fingerprint density at radius 3 is 2.36 bits per heavy atom. The minimum absolute atomic E-state index is 1.03. The van der Waals surface area contributed by atoms with Gasteiger partial charge in [-0.2, -0.15) is 0 Å². The molecule has 0 unspecified atom stereocenters. The van der Waals surface area contributed by atoms with Gasteiger partial charge in [-0.05, 0) is 31.2 Å². The lowest BCUT2D eigenvalue weighted by Crippen LogP contribution is -2.37. The fourth-order valence-corrected chi connectivity index (χ4v) is 2.95. The highest BCUT2D eigenvalue weighted by molar-refractivity contribution is 5.18. The summed E-state index contributed by atoms with van der Waals surface area (Å²) < 4.78 is 4.93. The van der Waals surface area contributed by atoms with E-state index in [1.54, 1.807) is 0 Å². The summed E-state index contributed by atoms with van der Waals surface area (Å²) in [7, 11) is 0. The van der Waals surface area contributed by atoms with E-state index >= 15 is 0 Å². The van der Waals surface area contributed by atoms with Crippen LogP contribution in [0.1, 0.15) is 63.8 Å². The van der Waals surface area contributed by atoms with Crippen LogP contribution in [0, 0.1) is 0 Å². The van der Waals surface area contributed by atoms with E-state index in [-0.39, 0.29) is 0 Å². The first-order valence-corrected chi connectivity index (χ1v) is 8.96.